The van der Waals surface area contributed by atoms with E-state index in [4.69, 9.17) is 5.26 Å². The Kier molecular flexibility index (Phi) is 5.53. The molecular formula is C13H12N4OS2. The number of thioether (sulfide) groups is 1. The molecule has 0 saturated heterocycles. The molecule has 5 nitrogen and oxygen atoms in total. The van der Waals surface area contributed by atoms with Crippen molar-refractivity contribution in [2.24, 2.45) is 0 Å². The summed E-state index contributed by atoms with van der Waals surface area (Å²) in [6, 6.07) is 8.93. The molecule has 1 N–H and O–H groups in total. The number of rotatable bonds is 6. The second-order valence-electron chi connectivity index (χ2n) is 3.90. The zero-order valence-corrected chi connectivity index (χ0v) is 12.2. The van der Waals surface area contributed by atoms with Crippen molar-refractivity contribution in [3.8, 4) is 6.07 Å². The SMILES string of the molecule is N#Cc1cccc(NC(=O)CCCSc2nncs2)c1. The van der Waals surface area contributed by atoms with Gasteiger partial charge in [0, 0.05) is 17.9 Å². The Hall–Kier alpha value is -1.91. The highest BCUT2D eigenvalue weighted by atomic mass is 32.2. The lowest BCUT2D eigenvalue weighted by atomic mass is 10.2. The van der Waals surface area contributed by atoms with Crippen molar-refractivity contribution < 1.29 is 4.79 Å². The third-order valence-corrected chi connectivity index (χ3v) is 4.34. The lowest BCUT2D eigenvalue weighted by Crippen LogP contribution is -2.11. The molecule has 0 atom stereocenters. The highest BCUT2D eigenvalue weighted by Crippen LogP contribution is 2.20. The van der Waals surface area contributed by atoms with Gasteiger partial charge in [-0.15, -0.1) is 10.2 Å². The molecule has 0 bridgehead atoms. The van der Waals surface area contributed by atoms with Crippen LogP contribution in [0.25, 0.3) is 0 Å². The van der Waals surface area contributed by atoms with Crippen molar-refractivity contribution in [2.45, 2.75) is 17.2 Å². The number of carbonyl (C=O) groups excluding carboxylic acids is 1. The summed E-state index contributed by atoms with van der Waals surface area (Å²) >= 11 is 3.10. The quantitative estimate of drug-likeness (QED) is 0.655. The summed E-state index contributed by atoms with van der Waals surface area (Å²) in [5.41, 5.74) is 2.89. The van der Waals surface area contributed by atoms with E-state index in [1.807, 2.05) is 6.07 Å². The molecule has 0 fully saturated rings. The van der Waals surface area contributed by atoms with Crippen LogP contribution >= 0.6 is 23.1 Å². The number of aromatic nitrogens is 2. The fourth-order valence-electron chi connectivity index (χ4n) is 1.51. The van der Waals surface area contributed by atoms with Crippen LogP contribution in [0.4, 0.5) is 5.69 Å². The summed E-state index contributed by atoms with van der Waals surface area (Å²) in [5.74, 6) is 0.791. The van der Waals surface area contributed by atoms with E-state index < -0.39 is 0 Å². The van der Waals surface area contributed by atoms with Gasteiger partial charge in [-0.2, -0.15) is 5.26 Å². The summed E-state index contributed by atoms with van der Waals surface area (Å²) in [4.78, 5) is 11.7. The average molecular weight is 304 g/mol. The minimum absolute atomic E-state index is 0.0436. The van der Waals surface area contributed by atoms with Crippen LogP contribution in [0, 0.1) is 11.3 Å². The second kappa shape index (κ2) is 7.62. The molecule has 20 heavy (non-hydrogen) atoms. The van der Waals surface area contributed by atoms with Crippen molar-refractivity contribution in [2.75, 3.05) is 11.1 Å². The molecule has 1 aromatic heterocycles. The molecule has 0 aliphatic rings. The maximum Gasteiger partial charge on any atom is 0.224 e. The largest absolute Gasteiger partial charge is 0.326 e. The predicted molar refractivity (Wildman–Crippen MR) is 79.7 cm³/mol. The van der Waals surface area contributed by atoms with Gasteiger partial charge in [0.15, 0.2) is 4.34 Å². The zero-order chi connectivity index (χ0) is 14.2. The van der Waals surface area contributed by atoms with Gasteiger partial charge in [0.25, 0.3) is 0 Å². The van der Waals surface area contributed by atoms with Gasteiger partial charge in [-0.3, -0.25) is 4.79 Å². The Morgan fingerprint density at radius 2 is 2.40 bits per heavy atom. The van der Waals surface area contributed by atoms with E-state index in [-0.39, 0.29) is 5.91 Å². The number of amides is 1. The van der Waals surface area contributed by atoms with Gasteiger partial charge in [-0.25, -0.2) is 0 Å². The topological polar surface area (TPSA) is 78.7 Å². The minimum atomic E-state index is -0.0436. The van der Waals surface area contributed by atoms with E-state index in [0.29, 0.717) is 17.7 Å². The predicted octanol–water partition coefficient (Wildman–Crippen LogP) is 2.92. The van der Waals surface area contributed by atoms with Gasteiger partial charge >= 0.3 is 0 Å². The smallest absolute Gasteiger partial charge is 0.224 e. The summed E-state index contributed by atoms with van der Waals surface area (Å²) in [5, 5.41) is 19.2. The molecular weight excluding hydrogens is 292 g/mol. The first kappa shape index (κ1) is 14.5. The summed E-state index contributed by atoms with van der Waals surface area (Å²) < 4.78 is 0.923. The van der Waals surface area contributed by atoms with Crippen LogP contribution < -0.4 is 5.32 Å². The number of benzene rings is 1. The number of carbonyl (C=O) groups is 1. The van der Waals surface area contributed by atoms with Crippen molar-refractivity contribution in [3.63, 3.8) is 0 Å². The Morgan fingerprint density at radius 1 is 1.50 bits per heavy atom. The molecule has 2 aromatic rings. The molecule has 0 radical (unpaired) electrons. The minimum Gasteiger partial charge on any atom is -0.326 e. The van der Waals surface area contributed by atoms with E-state index in [2.05, 4.69) is 15.5 Å². The van der Waals surface area contributed by atoms with Crippen molar-refractivity contribution >= 4 is 34.7 Å². The van der Waals surface area contributed by atoms with Gasteiger partial charge < -0.3 is 5.32 Å². The highest BCUT2D eigenvalue weighted by Gasteiger charge is 2.04. The Bertz CT molecular complexity index is 607. The molecule has 7 heteroatoms. The third kappa shape index (κ3) is 4.64. The average Bonchev–Trinajstić information content (AvgIpc) is 2.97. The van der Waals surface area contributed by atoms with Gasteiger partial charge in [0.2, 0.25) is 5.91 Å². The van der Waals surface area contributed by atoms with Crippen LogP contribution in [0.3, 0.4) is 0 Å². The molecule has 1 aromatic carbocycles. The number of nitriles is 1. The van der Waals surface area contributed by atoms with E-state index in [0.717, 1.165) is 16.5 Å². The maximum atomic E-state index is 11.7. The van der Waals surface area contributed by atoms with Gasteiger partial charge in [0.1, 0.15) is 5.51 Å². The van der Waals surface area contributed by atoms with Gasteiger partial charge in [-0.05, 0) is 24.6 Å². The number of nitrogens with zero attached hydrogens (tertiary/aromatic N) is 3. The van der Waals surface area contributed by atoms with Crippen LogP contribution in [0.2, 0.25) is 0 Å². The molecule has 0 saturated carbocycles. The second-order valence-corrected chi connectivity index (χ2v) is 6.07. The monoisotopic (exact) mass is 304 g/mol. The van der Waals surface area contributed by atoms with Crippen molar-refractivity contribution in [1.82, 2.24) is 10.2 Å². The molecule has 0 aliphatic heterocycles. The zero-order valence-electron chi connectivity index (χ0n) is 10.6. The lowest BCUT2D eigenvalue weighted by Gasteiger charge is -2.04. The van der Waals surface area contributed by atoms with Gasteiger partial charge in [0.05, 0.1) is 11.6 Å². The van der Waals surface area contributed by atoms with Crippen molar-refractivity contribution in [1.29, 1.82) is 5.26 Å². The third-order valence-electron chi connectivity index (χ3n) is 2.39. The van der Waals surface area contributed by atoms with Crippen LogP contribution in [-0.2, 0) is 4.79 Å². The first-order valence-electron chi connectivity index (χ1n) is 5.97. The maximum absolute atomic E-state index is 11.7. The normalized spacial score (nSPS) is 9.95. The van der Waals surface area contributed by atoms with E-state index in [1.165, 1.54) is 11.3 Å². The van der Waals surface area contributed by atoms with Crippen molar-refractivity contribution in [3.05, 3.63) is 35.3 Å². The Morgan fingerprint density at radius 3 is 3.15 bits per heavy atom. The van der Waals surface area contributed by atoms with E-state index >= 15 is 0 Å². The van der Waals surface area contributed by atoms with Crippen LogP contribution in [0.1, 0.15) is 18.4 Å². The summed E-state index contributed by atoms with van der Waals surface area (Å²) in [7, 11) is 0. The fraction of sp³-hybridized carbons (Fsp3) is 0.231. The summed E-state index contributed by atoms with van der Waals surface area (Å²) in [6.07, 6.45) is 1.22. The molecule has 0 aliphatic carbocycles. The standard InChI is InChI=1S/C13H12N4OS2/c14-8-10-3-1-4-11(7-10)16-12(18)5-2-6-19-13-17-15-9-20-13/h1,3-4,7,9H,2,5-6H2,(H,16,18). The summed E-state index contributed by atoms with van der Waals surface area (Å²) in [6.45, 7) is 0. The van der Waals surface area contributed by atoms with E-state index in [9.17, 15) is 4.79 Å². The first-order valence-corrected chi connectivity index (χ1v) is 7.83. The number of nitrogens with one attached hydrogen (secondary N) is 1. The Labute approximate surface area is 125 Å². The highest BCUT2D eigenvalue weighted by molar-refractivity contribution is 8.00. The molecule has 1 amide bonds. The van der Waals surface area contributed by atoms with Crippen LogP contribution in [0.5, 0.6) is 0 Å². The van der Waals surface area contributed by atoms with E-state index in [1.54, 1.807) is 41.5 Å². The first-order chi connectivity index (χ1) is 9.78. The fourth-order valence-corrected chi connectivity index (χ4v) is 3.01. The number of hydrogen-bond acceptors (Lipinski definition) is 6. The number of anilines is 1. The Balaban J connectivity index is 1.71. The van der Waals surface area contributed by atoms with Gasteiger partial charge in [-0.1, -0.05) is 29.2 Å². The molecule has 0 spiro atoms. The molecule has 1 heterocycles. The molecule has 2 rings (SSSR count). The lowest BCUT2D eigenvalue weighted by molar-refractivity contribution is -0.116. The molecule has 0 unspecified atom stereocenters. The van der Waals surface area contributed by atoms with Crippen LogP contribution in [-0.4, -0.2) is 21.9 Å². The molecule has 102 valence electrons. The van der Waals surface area contributed by atoms with Crippen LogP contribution in [0.15, 0.2) is 34.1 Å². The number of hydrogen-bond donors (Lipinski definition) is 1.